The highest BCUT2D eigenvalue weighted by molar-refractivity contribution is 6.32. The number of fused-ring (bicyclic) bond motifs is 7. The first-order valence-electron chi connectivity index (χ1n) is 44.8. The Morgan fingerprint density at radius 1 is 0.154 bits per heavy atom. The van der Waals surface area contributed by atoms with Crippen LogP contribution in [-0.2, 0) is 0 Å². The Kier molecular flexibility index (Phi) is 29.9. The molecule has 16 aromatic carbocycles. The first kappa shape index (κ1) is 92.8. The average molecular weight is 1870 g/mol. The summed E-state index contributed by atoms with van der Waals surface area (Å²) in [5.41, 5.74) is 35.1. The van der Waals surface area contributed by atoms with Gasteiger partial charge in [0.15, 0.2) is 0 Å². The van der Waals surface area contributed by atoms with Crippen LogP contribution in [0.2, 0.25) is 20.1 Å². The number of benzene rings is 16. The van der Waals surface area contributed by atoms with Crippen molar-refractivity contribution in [2.75, 3.05) is 46.2 Å². The lowest BCUT2D eigenvalue weighted by Gasteiger charge is -2.17. The Morgan fingerprint density at radius 3 is 0.581 bits per heavy atom. The maximum atomic E-state index is 5.98. The van der Waals surface area contributed by atoms with Gasteiger partial charge < -0.3 is 33.2 Å². The predicted octanol–water partition coefficient (Wildman–Crippen LogP) is 30.8. The Bertz CT molecular complexity index is 6630. The van der Waals surface area contributed by atoms with Gasteiger partial charge in [-0.15, -0.1) is 0 Å². The lowest BCUT2D eigenvalue weighted by atomic mass is 10.0. The molecular weight excluding hydrogens is 1770 g/mol. The van der Waals surface area contributed by atoms with Crippen LogP contribution in [0.4, 0.5) is 39.8 Å². The van der Waals surface area contributed by atoms with Gasteiger partial charge in [-0.1, -0.05) is 323 Å². The number of aliphatic imine (C=N–C) groups is 7. The van der Waals surface area contributed by atoms with E-state index in [1.165, 1.54) is 66.8 Å². The second kappa shape index (κ2) is 43.8. The number of hydrogen-bond acceptors (Lipinski definition) is 14. The summed E-state index contributed by atoms with van der Waals surface area (Å²) < 4.78 is 40.2. The van der Waals surface area contributed by atoms with Gasteiger partial charge in [0.1, 0.15) is 126 Å². The third-order valence-electron chi connectivity index (χ3n) is 22.9. The van der Waals surface area contributed by atoms with E-state index in [9.17, 15) is 0 Å². The average Bonchev–Trinajstić information content (AvgIpc) is 0.852. The lowest BCUT2D eigenvalue weighted by Crippen LogP contribution is -2.16. The van der Waals surface area contributed by atoms with E-state index in [0.717, 1.165) is 159 Å². The molecule has 7 aliphatic heterocycles. The summed E-state index contributed by atoms with van der Waals surface area (Å²) in [5, 5.41) is 2.67. The standard InChI is InChI=1S/C21H17NO.C20H14ClNO.2C16H15NO.3C15H12ClNO/c1-15-7-12-19-21(13-15)23-14-20(22-19)18-10-8-17(9-11-18)16-5-3-2-4-6-16;21-17-10-11-18-20(12-17)23-13-19(22-18)16-8-6-15(7-9-16)14-4-2-1-3-5-14;2*1-11-3-6-13(7-4-11)15-10-18-16-9-12(2)5-8-14(16)17-15;1-10-2-4-11(5-3-10)14-9-18-15-7-6-12(16)8-13(15)17-14;2*1-10-2-4-11(5-3-10)14-9-18-15-8-12(16)6-7-13(15)17-14/h2-13H,14H2,1H3;1-12H,13H2;2*3-9H,10H2,1-2H3;3*2-8H,9H2,1H3. The van der Waals surface area contributed by atoms with E-state index in [4.69, 9.17) is 89.5 Å². The Labute approximate surface area is 814 Å². The van der Waals surface area contributed by atoms with Crippen molar-refractivity contribution >= 4 is 126 Å². The van der Waals surface area contributed by atoms with Crippen LogP contribution in [0.5, 0.6) is 40.2 Å². The smallest absolute Gasteiger partial charge is 0.146 e. The number of hydrogen-bond donors (Lipinski definition) is 0. The second-order valence-corrected chi connectivity index (χ2v) is 35.3. The van der Waals surface area contributed by atoms with Gasteiger partial charge in [0.2, 0.25) is 0 Å². The number of aryl methyl sites for hydroxylation is 8. The van der Waals surface area contributed by atoms with E-state index in [0.29, 0.717) is 66.3 Å². The normalized spacial score (nSPS) is 13.4. The molecule has 674 valence electrons. The predicted molar refractivity (Wildman–Crippen MR) is 561 cm³/mol. The first-order valence-corrected chi connectivity index (χ1v) is 46.3. The highest BCUT2D eigenvalue weighted by Crippen LogP contribution is 2.41. The topological polar surface area (TPSA) is 151 Å². The van der Waals surface area contributed by atoms with E-state index in [2.05, 4.69) is 305 Å². The van der Waals surface area contributed by atoms with Crippen molar-refractivity contribution in [1.29, 1.82) is 0 Å². The van der Waals surface area contributed by atoms with Gasteiger partial charge in [-0.2, -0.15) is 0 Å². The molecule has 0 amide bonds. The summed E-state index contributed by atoms with van der Waals surface area (Å²) in [5.74, 6) is 5.65. The molecule has 0 spiro atoms. The molecule has 0 saturated heterocycles. The van der Waals surface area contributed by atoms with Crippen LogP contribution < -0.4 is 33.2 Å². The molecule has 0 aliphatic carbocycles. The maximum absolute atomic E-state index is 5.98. The summed E-state index contributed by atoms with van der Waals surface area (Å²) in [4.78, 5) is 32.7. The minimum atomic E-state index is 0.456. The molecule has 0 saturated carbocycles. The Balaban J connectivity index is 0.000000110. The van der Waals surface area contributed by atoms with E-state index in [1.807, 2.05) is 115 Å². The fraction of sp³-hybridized carbons (Fsp3) is 0.127. The zero-order chi connectivity index (χ0) is 94.0. The van der Waals surface area contributed by atoms with Crippen LogP contribution in [-0.4, -0.2) is 86.2 Å². The van der Waals surface area contributed by atoms with Gasteiger partial charge in [-0.3, -0.25) is 0 Å². The molecule has 0 bridgehead atoms. The third kappa shape index (κ3) is 24.3. The third-order valence-corrected chi connectivity index (χ3v) is 23.9. The molecule has 0 N–H and O–H groups in total. The molecule has 0 aromatic heterocycles. The first-order chi connectivity index (χ1) is 66.2. The van der Waals surface area contributed by atoms with Crippen molar-refractivity contribution in [3.8, 4) is 62.5 Å². The van der Waals surface area contributed by atoms with Crippen molar-refractivity contribution in [3.05, 3.63) is 461 Å². The van der Waals surface area contributed by atoms with Crippen molar-refractivity contribution < 1.29 is 33.2 Å². The summed E-state index contributed by atoms with van der Waals surface area (Å²) in [7, 11) is 0. The lowest BCUT2D eigenvalue weighted by molar-refractivity contribution is 0.372. The van der Waals surface area contributed by atoms with Crippen molar-refractivity contribution in [2.24, 2.45) is 34.9 Å². The molecule has 14 nitrogen and oxygen atoms in total. The molecule has 0 fully saturated rings. The van der Waals surface area contributed by atoms with Crippen LogP contribution >= 0.6 is 46.4 Å². The summed E-state index contributed by atoms with van der Waals surface area (Å²) in [6.45, 7) is 20.1. The molecule has 0 radical (unpaired) electrons. The Morgan fingerprint density at radius 2 is 0.331 bits per heavy atom. The van der Waals surface area contributed by atoms with Crippen LogP contribution in [0.15, 0.2) is 393 Å². The van der Waals surface area contributed by atoms with E-state index < -0.39 is 0 Å². The largest absolute Gasteiger partial charge is 0.485 e. The monoisotopic (exact) mass is 1860 g/mol. The molecule has 7 aliphatic rings. The highest BCUT2D eigenvalue weighted by Gasteiger charge is 2.23. The fourth-order valence-electron chi connectivity index (χ4n) is 15.3. The quantitative estimate of drug-likeness (QED) is 0.140. The summed E-state index contributed by atoms with van der Waals surface area (Å²) >= 11 is 23.8. The van der Waals surface area contributed by atoms with Crippen LogP contribution in [0.3, 0.4) is 0 Å². The van der Waals surface area contributed by atoms with E-state index in [1.54, 1.807) is 18.2 Å². The second-order valence-electron chi connectivity index (χ2n) is 33.5. The van der Waals surface area contributed by atoms with Gasteiger partial charge in [0.25, 0.3) is 0 Å². The van der Waals surface area contributed by atoms with Crippen molar-refractivity contribution in [2.45, 2.75) is 55.4 Å². The zero-order valence-electron chi connectivity index (χ0n) is 76.5. The van der Waals surface area contributed by atoms with Gasteiger partial charge >= 0.3 is 0 Å². The van der Waals surface area contributed by atoms with Gasteiger partial charge in [-0.25, -0.2) is 34.9 Å². The SMILES string of the molecule is Cc1ccc(C2=Nc3cc(Cl)ccc3OC2)cc1.Cc1ccc(C2=Nc3ccc(C)cc3OC2)cc1.Cc1ccc(C2=Nc3ccc(C)cc3OC2)cc1.Cc1ccc(C2=Nc3ccc(Cl)cc3OC2)cc1.Cc1ccc(C2=Nc3ccc(Cl)cc3OC2)cc1.Cc1ccc2c(c1)OCC(c1ccc(-c3ccccc3)cc1)=N2.Clc1ccc2c(c1)OCC(c1ccc(-c3ccccc3)cc1)=N2. The number of halogens is 4. The molecule has 18 heteroatoms. The summed E-state index contributed by atoms with van der Waals surface area (Å²) in [6.07, 6.45) is 0. The van der Waals surface area contributed by atoms with Crippen LogP contribution in [0.25, 0.3) is 22.3 Å². The van der Waals surface area contributed by atoms with E-state index >= 15 is 0 Å². The number of rotatable bonds is 9. The Hall–Kier alpha value is -15.0. The van der Waals surface area contributed by atoms with E-state index in [-0.39, 0.29) is 0 Å². The van der Waals surface area contributed by atoms with Crippen LogP contribution in [0.1, 0.15) is 83.5 Å². The molecule has 136 heavy (non-hydrogen) atoms. The molecule has 23 rings (SSSR count). The minimum Gasteiger partial charge on any atom is -0.485 e. The highest BCUT2D eigenvalue weighted by atomic mass is 35.5. The minimum absolute atomic E-state index is 0.456. The molecule has 7 heterocycles. The van der Waals surface area contributed by atoms with Gasteiger partial charge in [0.05, 0.1) is 40.0 Å². The number of nitrogens with zero attached hydrogens (tertiary/aromatic N) is 7. The van der Waals surface area contributed by atoms with Gasteiger partial charge in [-0.05, 0) is 224 Å². The number of ether oxygens (including phenoxy) is 7. The van der Waals surface area contributed by atoms with Crippen molar-refractivity contribution in [3.63, 3.8) is 0 Å². The maximum Gasteiger partial charge on any atom is 0.146 e. The van der Waals surface area contributed by atoms with Gasteiger partial charge in [0, 0.05) is 38.3 Å². The molecule has 16 aromatic rings. The molecule has 0 atom stereocenters. The molecule has 0 unspecified atom stereocenters. The van der Waals surface area contributed by atoms with Crippen molar-refractivity contribution in [1.82, 2.24) is 0 Å². The fourth-order valence-corrected chi connectivity index (χ4v) is 15.9. The molecular formula is C118H97Cl4N7O7. The van der Waals surface area contributed by atoms with Crippen LogP contribution in [0, 0.1) is 55.4 Å². The zero-order valence-corrected chi connectivity index (χ0v) is 79.5. The summed E-state index contributed by atoms with van der Waals surface area (Å²) in [6, 6.07) is 120.